The molecule has 0 spiro atoms. The number of hydrogen-bond acceptors (Lipinski definition) is 4. The Balaban J connectivity index is 1.92. The van der Waals surface area contributed by atoms with Crippen LogP contribution in [0.25, 0.3) is 0 Å². The SMILES string of the molecule is COc1ccc(NCC2(N(C)C)CCC2)nc1. The molecule has 1 aromatic rings. The van der Waals surface area contributed by atoms with Crippen LogP contribution in [0.3, 0.4) is 0 Å². The van der Waals surface area contributed by atoms with Crippen molar-refractivity contribution in [2.24, 2.45) is 0 Å². The number of hydrogen-bond donors (Lipinski definition) is 1. The molecule has 0 saturated heterocycles. The lowest BCUT2D eigenvalue weighted by Gasteiger charge is -2.47. The van der Waals surface area contributed by atoms with Gasteiger partial charge < -0.3 is 15.0 Å². The Bertz CT molecular complexity index is 357. The Hall–Kier alpha value is -1.29. The van der Waals surface area contributed by atoms with E-state index in [-0.39, 0.29) is 0 Å². The van der Waals surface area contributed by atoms with E-state index in [1.165, 1.54) is 19.3 Å². The quantitative estimate of drug-likeness (QED) is 0.847. The average Bonchev–Trinajstić information content (AvgIpc) is 2.28. The summed E-state index contributed by atoms with van der Waals surface area (Å²) >= 11 is 0. The third-order valence-corrected chi connectivity index (χ3v) is 3.80. The molecule has 0 aromatic carbocycles. The lowest BCUT2D eigenvalue weighted by molar-refractivity contribution is 0.0738. The minimum atomic E-state index is 0.321. The van der Waals surface area contributed by atoms with Gasteiger partial charge in [-0.05, 0) is 45.5 Å². The molecule has 94 valence electrons. The van der Waals surface area contributed by atoms with Crippen LogP contribution >= 0.6 is 0 Å². The zero-order chi connectivity index (χ0) is 12.3. The Labute approximate surface area is 103 Å². The zero-order valence-corrected chi connectivity index (χ0v) is 10.9. The van der Waals surface area contributed by atoms with Crippen molar-refractivity contribution in [1.82, 2.24) is 9.88 Å². The fourth-order valence-electron chi connectivity index (χ4n) is 2.23. The molecule has 4 nitrogen and oxygen atoms in total. The van der Waals surface area contributed by atoms with Crippen molar-refractivity contribution in [2.45, 2.75) is 24.8 Å². The molecule has 0 aliphatic heterocycles. The second-order valence-corrected chi connectivity index (χ2v) is 4.91. The summed E-state index contributed by atoms with van der Waals surface area (Å²) in [6.45, 7) is 0.958. The van der Waals surface area contributed by atoms with E-state index in [0.29, 0.717) is 5.54 Å². The second kappa shape index (κ2) is 4.92. The van der Waals surface area contributed by atoms with Gasteiger partial charge in [-0.3, -0.25) is 0 Å². The second-order valence-electron chi connectivity index (χ2n) is 4.91. The van der Waals surface area contributed by atoms with Gasteiger partial charge in [0.1, 0.15) is 11.6 Å². The van der Waals surface area contributed by atoms with Crippen molar-refractivity contribution in [3.8, 4) is 5.75 Å². The highest BCUT2D eigenvalue weighted by Crippen LogP contribution is 2.36. The van der Waals surface area contributed by atoms with E-state index >= 15 is 0 Å². The van der Waals surface area contributed by atoms with Crippen molar-refractivity contribution < 1.29 is 4.74 Å². The van der Waals surface area contributed by atoms with Crippen LogP contribution in [0.4, 0.5) is 5.82 Å². The number of anilines is 1. The molecule has 1 N–H and O–H groups in total. The number of methoxy groups -OCH3 is 1. The molecule has 1 aliphatic rings. The van der Waals surface area contributed by atoms with Crippen LogP contribution in [0.2, 0.25) is 0 Å². The molecule has 0 amide bonds. The Morgan fingerprint density at radius 2 is 2.18 bits per heavy atom. The first-order chi connectivity index (χ1) is 8.16. The summed E-state index contributed by atoms with van der Waals surface area (Å²) in [5, 5.41) is 3.41. The van der Waals surface area contributed by atoms with E-state index < -0.39 is 0 Å². The predicted octanol–water partition coefficient (Wildman–Crippen LogP) is 1.99. The smallest absolute Gasteiger partial charge is 0.137 e. The van der Waals surface area contributed by atoms with Crippen molar-refractivity contribution in [3.63, 3.8) is 0 Å². The molecule has 1 aromatic heterocycles. The van der Waals surface area contributed by atoms with Crippen LogP contribution in [-0.2, 0) is 0 Å². The fourth-order valence-corrected chi connectivity index (χ4v) is 2.23. The van der Waals surface area contributed by atoms with Gasteiger partial charge in [-0.15, -0.1) is 0 Å². The zero-order valence-electron chi connectivity index (χ0n) is 10.9. The lowest BCUT2D eigenvalue weighted by atomic mass is 9.75. The highest BCUT2D eigenvalue weighted by atomic mass is 16.5. The molecule has 1 fully saturated rings. The van der Waals surface area contributed by atoms with Gasteiger partial charge in [-0.1, -0.05) is 0 Å². The summed E-state index contributed by atoms with van der Waals surface area (Å²) in [5.41, 5.74) is 0.321. The molecule has 0 bridgehead atoms. The molecular formula is C13H21N3O. The van der Waals surface area contributed by atoms with Crippen molar-refractivity contribution in [3.05, 3.63) is 18.3 Å². The maximum absolute atomic E-state index is 5.09. The summed E-state index contributed by atoms with van der Waals surface area (Å²) in [6.07, 6.45) is 5.60. The van der Waals surface area contributed by atoms with Gasteiger partial charge in [-0.2, -0.15) is 0 Å². The molecule has 0 unspecified atom stereocenters. The van der Waals surface area contributed by atoms with Crippen LogP contribution in [-0.4, -0.2) is 43.2 Å². The lowest BCUT2D eigenvalue weighted by Crippen LogP contribution is -2.54. The topological polar surface area (TPSA) is 37.4 Å². The molecule has 1 aliphatic carbocycles. The molecular weight excluding hydrogens is 214 g/mol. The van der Waals surface area contributed by atoms with Gasteiger partial charge in [-0.25, -0.2) is 4.98 Å². The fraction of sp³-hybridized carbons (Fsp3) is 0.615. The predicted molar refractivity (Wildman–Crippen MR) is 69.5 cm³/mol. The first-order valence-corrected chi connectivity index (χ1v) is 6.08. The van der Waals surface area contributed by atoms with Gasteiger partial charge in [0.25, 0.3) is 0 Å². The Morgan fingerprint density at radius 1 is 1.41 bits per heavy atom. The van der Waals surface area contributed by atoms with Crippen molar-refractivity contribution in [2.75, 3.05) is 33.1 Å². The van der Waals surface area contributed by atoms with E-state index in [2.05, 4.69) is 29.3 Å². The van der Waals surface area contributed by atoms with Gasteiger partial charge in [0.2, 0.25) is 0 Å². The van der Waals surface area contributed by atoms with Crippen LogP contribution < -0.4 is 10.1 Å². The number of nitrogens with zero attached hydrogens (tertiary/aromatic N) is 2. The molecule has 2 rings (SSSR count). The highest BCUT2D eigenvalue weighted by Gasteiger charge is 2.38. The number of likely N-dealkylation sites (N-methyl/N-ethyl adjacent to an activating group) is 1. The summed E-state index contributed by atoms with van der Waals surface area (Å²) in [6, 6.07) is 3.89. The Kier molecular flexibility index (Phi) is 3.52. The Morgan fingerprint density at radius 3 is 2.59 bits per heavy atom. The normalized spacial score (nSPS) is 17.6. The molecule has 0 radical (unpaired) electrons. The van der Waals surface area contributed by atoms with Gasteiger partial charge in [0.15, 0.2) is 0 Å². The van der Waals surface area contributed by atoms with Crippen molar-refractivity contribution in [1.29, 1.82) is 0 Å². The number of nitrogens with one attached hydrogen (secondary N) is 1. The third kappa shape index (κ3) is 2.52. The average molecular weight is 235 g/mol. The van der Waals surface area contributed by atoms with E-state index in [9.17, 15) is 0 Å². The maximum Gasteiger partial charge on any atom is 0.137 e. The molecule has 1 saturated carbocycles. The minimum absolute atomic E-state index is 0.321. The monoisotopic (exact) mass is 235 g/mol. The van der Waals surface area contributed by atoms with E-state index in [0.717, 1.165) is 18.1 Å². The third-order valence-electron chi connectivity index (χ3n) is 3.80. The highest BCUT2D eigenvalue weighted by molar-refractivity contribution is 5.38. The van der Waals surface area contributed by atoms with Crippen LogP contribution in [0.1, 0.15) is 19.3 Å². The number of ether oxygens (including phenoxy) is 1. The molecule has 17 heavy (non-hydrogen) atoms. The first-order valence-electron chi connectivity index (χ1n) is 6.08. The van der Waals surface area contributed by atoms with Crippen molar-refractivity contribution >= 4 is 5.82 Å². The van der Waals surface area contributed by atoms with Gasteiger partial charge in [0, 0.05) is 12.1 Å². The standard InChI is InChI=1S/C13H21N3O/c1-16(2)13(7-4-8-13)10-15-12-6-5-11(17-3)9-14-12/h5-6,9H,4,7-8,10H2,1-3H3,(H,14,15). The summed E-state index contributed by atoms with van der Waals surface area (Å²) < 4.78 is 5.09. The van der Waals surface area contributed by atoms with E-state index in [1.54, 1.807) is 13.3 Å². The molecule has 0 atom stereocenters. The largest absolute Gasteiger partial charge is 0.495 e. The van der Waals surface area contributed by atoms with Gasteiger partial charge >= 0.3 is 0 Å². The summed E-state index contributed by atoms with van der Waals surface area (Å²) in [5.74, 6) is 1.71. The first kappa shape index (κ1) is 12.2. The van der Waals surface area contributed by atoms with Crippen LogP contribution in [0.15, 0.2) is 18.3 Å². The molecule has 1 heterocycles. The van der Waals surface area contributed by atoms with Gasteiger partial charge in [0.05, 0.1) is 13.3 Å². The van der Waals surface area contributed by atoms with E-state index in [4.69, 9.17) is 4.74 Å². The van der Waals surface area contributed by atoms with Crippen LogP contribution in [0.5, 0.6) is 5.75 Å². The summed E-state index contributed by atoms with van der Waals surface area (Å²) in [4.78, 5) is 6.64. The summed E-state index contributed by atoms with van der Waals surface area (Å²) in [7, 11) is 5.96. The van der Waals surface area contributed by atoms with E-state index in [1.807, 2.05) is 12.1 Å². The number of aromatic nitrogens is 1. The number of pyridine rings is 1. The van der Waals surface area contributed by atoms with Crippen LogP contribution in [0, 0.1) is 0 Å². The minimum Gasteiger partial charge on any atom is -0.495 e. The molecule has 4 heteroatoms. The maximum atomic E-state index is 5.09. The number of rotatable bonds is 5.